The normalized spacial score (nSPS) is 11.2. The monoisotopic (exact) mass is 472 g/mol. The summed E-state index contributed by atoms with van der Waals surface area (Å²) in [4.78, 5) is 8.19. The fraction of sp³-hybridized carbons (Fsp3) is 0. The molecule has 37 heavy (non-hydrogen) atoms. The molecule has 2 nitrogen and oxygen atoms in total. The highest BCUT2D eigenvalue weighted by molar-refractivity contribution is 6.13. The van der Waals surface area contributed by atoms with Crippen LogP contribution in [-0.2, 0) is 0 Å². The Morgan fingerprint density at radius 1 is 0.432 bits per heavy atom. The third kappa shape index (κ3) is 3.89. The van der Waals surface area contributed by atoms with Gasteiger partial charge in [0.25, 0.3) is 0 Å². The molecule has 174 valence electrons. The molecule has 0 aliphatic heterocycles. The van der Waals surface area contributed by atoms with Crippen LogP contribution in [0.1, 0.15) is 0 Å². The molecule has 0 saturated heterocycles. The van der Waals surface area contributed by atoms with Crippen molar-refractivity contribution in [3.8, 4) is 44.5 Å². The van der Waals surface area contributed by atoms with Crippen LogP contribution in [0.2, 0.25) is 0 Å². The van der Waals surface area contributed by atoms with Gasteiger partial charge in [-0.25, -0.2) is 4.98 Å². The topological polar surface area (TPSA) is 28.7 Å². The smallest absolute Gasteiger partial charge is 0.138 e. The lowest BCUT2D eigenvalue weighted by Gasteiger charge is -2.08. The average molecular weight is 473 g/mol. The minimum absolute atomic E-state index is 0.913. The van der Waals surface area contributed by atoms with Crippen LogP contribution < -0.4 is 0 Å². The second-order valence-corrected chi connectivity index (χ2v) is 9.35. The number of H-pyrrole nitrogens is 1. The van der Waals surface area contributed by atoms with Gasteiger partial charge >= 0.3 is 0 Å². The van der Waals surface area contributed by atoms with Crippen molar-refractivity contribution in [3.63, 3.8) is 0 Å². The summed E-state index contributed by atoms with van der Waals surface area (Å²) in [6.07, 6.45) is 1.89. The third-order valence-corrected chi connectivity index (χ3v) is 7.12. The molecule has 0 fully saturated rings. The molecule has 7 aromatic rings. The zero-order valence-corrected chi connectivity index (χ0v) is 20.2. The Hall–Kier alpha value is -4.95. The minimum atomic E-state index is 0.913. The Labute approximate surface area is 215 Å². The minimum Gasteiger partial charge on any atom is -0.339 e. The molecule has 0 saturated carbocycles. The van der Waals surface area contributed by atoms with E-state index >= 15 is 0 Å². The Morgan fingerprint density at radius 2 is 0.919 bits per heavy atom. The van der Waals surface area contributed by atoms with Crippen molar-refractivity contribution in [3.05, 3.63) is 140 Å². The molecule has 0 aliphatic rings. The zero-order valence-electron chi connectivity index (χ0n) is 20.2. The molecule has 0 atom stereocenters. The van der Waals surface area contributed by atoms with Crippen LogP contribution in [0, 0.1) is 0 Å². The Morgan fingerprint density at radius 3 is 1.51 bits per heavy atom. The van der Waals surface area contributed by atoms with E-state index in [9.17, 15) is 0 Å². The van der Waals surface area contributed by atoms with Crippen LogP contribution in [0.5, 0.6) is 0 Å². The number of aromatic amines is 1. The van der Waals surface area contributed by atoms with Gasteiger partial charge in [0.15, 0.2) is 0 Å². The van der Waals surface area contributed by atoms with Crippen molar-refractivity contribution in [1.82, 2.24) is 9.97 Å². The molecule has 0 amide bonds. The van der Waals surface area contributed by atoms with E-state index in [4.69, 9.17) is 0 Å². The lowest BCUT2D eigenvalue weighted by atomic mass is 9.96. The van der Waals surface area contributed by atoms with E-state index in [1.165, 1.54) is 49.9 Å². The SMILES string of the molecule is c1ccc(-c2ccc(-c3ccc4[nH]c5nccc(-c6ccc(-c7ccccc7)cc6)c5c4c3)cc2)cc1. The maximum atomic E-state index is 4.66. The van der Waals surface area contributed by atoms with Crippen molar-refractivity contribution in [2.75, 3.05) is 0 Å². The molecule has 0 spiro atoms. The highest BCUT2D eigenvalue weighted by Gasteiger charge is 2.13. The van der Waals surface area contributed by atoms with E-state index in [2.05, 4.69) is 143 Å². The van der Waals surface area contributed by atoms with E-state index in [1.54, 1.807) is 0 Å². The predicted octanol–water partition coefficient (Wildman–Crippen LogP) is 9.38. The summed E-state index contributed by atoms with van der Waals surface area (Å²) in [7, 11) is 0. The maximum Gasteiger partial charge on any atom is 0.138 e. The number of rotatable bonds is 4. The van der Waals surface area contributed by atoms with Crippen molar-refractivity contribution < 1.29 is 0 Å². The number of nitrogens with one attached hydrogen (secondary N) is 1. The summed E-state index contributed by atoms with van der Waals surface area (Å²) in [5, 5.41) is 2.35. The first kappa shape index (κ1) is 21.3. The van der Waals surface area contributed by atoms with Crippen LogP contribution in [0.3, 0.4) is 0 Å². The predicted molar refractivity (Wildman–Crippen MR) is 155 cm³/mol. The van der Waals surface area contributed by atoms with E-state index in [1.807, 2.05) is 6.20 Å². The summed E-state index contributed by atoms with van der Waals surface area (Å²) in [6.45, 7) is 0. The van der Waals surface area contributed by atoms with Gasteiger partial charge in [-0.05, 0) is 62.7 Å². The second kappa shape index (κ2) is 8.92. The van der Waals surface area contributed by atoms with E-state index in [-0.39, 0.29) is 0 Å². The fourth-order valence-electron chi connectivity index (χ4n) is 5.20. The number of fused-ring (bicyclic) bond motifs is 3. The van der Waals surface area contributed by atoms with Gasteiger partial charge < -0.3 is 4.98 Å². The van der Waals surface area contributed by atoms with Gasteiger partial charge in [-0.3, -0.25) is 0 Å². The molecule has 0 aliphatic carbocycles. The van der Waals surface area contributed by atoms with Crippen LogP contribution >= 0.6 is 0 Å². The van der Waals surface area contributed by atoms with E-state index in [0.29, 0.717) is 0 Å². The first-order chi connectivity index (χ1) is 18.3. The van der Waals surface area contributed by atoms with E-state index < -0.39 is 0 Å². The number of pyridine rings is 1. The summed E-state index contributed by atoms with van der Waals surface area (Å²) >= 11 is 0. The first-order valence-electron chi connectivity index (χ1n) is 12.6. The summed E-state index contributed by atoms with van der Waals surface area (Å²) in [5.74, 6) is 0. The molecule has 0 unspecified atom stereocenters. The average Bonchev–Trinajstić information content (AvgIpc) is 3.36. The lowest BCUT2D eigenvalue weighted by molar-refractivity contribution is 1.35. The standard InChI is InChI=1S/C35H24N2/c1-3-7-24(8-4-1)26-11-13-28(14-12-26)30-19-20-33-32(23-30)34-31(21-22-36-35(34)37-33)29-17-15-27(16-18-29)25-9-5-2-6-10-25/h1-23H,(H,36,37). The molecule has 5 aromatic carbocycles. The van der Waals surface area contributed by atoms with Gasteiger partial charge in [-0.15, -0.1) is 0 Å². The lowest BCUT2D eigenvalue weighted by Crippen LogP contribution is -1.84. The van der Waals surface area contributed by atoms with Crippen LogP contribution in [-0.4, -0.2) is 9.97 Å². The molecule has 0 radical (unpaired) electrons. The number of hydrogen-bond donors (Lipinski definition) is 1. The molecule has 2 aromatic heterocycles. The van der Waals surface area contributed by atoms with Gasteiger partial charge in [0.05, 0.1) is 0 Å². The molecule has 1 N–H and O–H groups in total. The number of benzene rings is 5. The van der Waals surface area contributed by atoms with Crippen LogP contribution in [0.15, 0.2) is 140 Å². The fourth-order valence-corrected chi connectivity index (χ4v) is 5.20. The van der Waals surface area contributed by atoms with Gasteiger partial charge in [-0.2, -0.15) is 0 Å². The van der Waals surface area contributed by atoms with Crippen LogP contribution in [0.4, 0.5) is 0 Å². The number of aromatic nitrogens is 2. The molecular formula is C35H24N2. The van der Waals surface area contributed by atoms with Crippen molar-refractivity contribution in [2.24, 2.45) is 0 Å². The van der Waals surface area contributed by atoms with Gasteiger partial charge in [0, 0.05) is 22.5 Å². The quantitative estimate of drug-likeness (QED) is 0.271. The van der Waals surface area contributed by atoms with Crippen molar-refractivity contribution >= 4 is 21.9 Å². The van der Waals surface area contributed by atoms with Crippen molar-refractivity contribution in [2.45, 2.75) is 0 Å². The number of nitrogens with zero attached hydrogens (tertiary/aromatic N) is 1. The summed E-state index contributed by atoms with van der Waals surface area (Å²) in [5.41, 5.74) is 11.7. The highest BCUT2D eigenvalue weighted by Crippen LogP contribution is 2.36. The van der Waals surface area contributed by atoms with Gasteiger partial charge in [-0.1, -0.05) is 115 Å². The molecule has 2 heterocycles. The second-order valence-electron chi connectivity index (χ2n) is 9.35. The molecule has 2 heteroatoms. The largest absolute Gasteiger partial charge is 0.339 e. The summed E-state index contributed by atoms with van der Waals surface area (Å²) < 4.78 is 0. The molecule has 7 rings (SSSR count). The van der Waals surface area contributed by atoms with Gasteiger partial charge in [0.1, 0.15) is 5.65 Å². The first-order valence-corrected chi connectivity index (χ1v) is 12.6. The Balaban J connectivity index is 1.31. The Bertz CT molecular complexity index is 1830. The van der Waals surface area contributed by atoms with Gasteiger partial charge in [0.2, 0.25) is 0 Å². The number of hydrogen-bond acceptors (Lipinski definition) is 1. The summed E-state index contributed by atoms with van der Waals surface area (Å²) in [6, 6.07) is 47.4. The Kier molecular flexibility index (Phi) is 5.15. The molecular weight excluding hydrogens is 448 g/mol. The van der Waals surface area contributed by atoms with E-state index in [0.717, 1.165) is 16.6 Å². The van der Waals surface area contributed by atoms with Crippen molar-refractivity contribution in [1.29, 1.82) is 0 Å². The molecule has 0 bridgehead atoms. The zero-order chi connectivity index (χ0) is 24.6. The third-order valence-electron chi connectivity index (χ3n) is 7.12. The van der Waals surface area contributed by atoms with Crippen LogP contribution in [0.25, 0.3) is 66.4 Å². The maximum absolute atomic E-state index is 4.66. The highest BCUT2D eigenvalue weighted by atomic mass is 14.8.